The van der Waals surface area contributed by atoms with Gasteiger partial charge in [0.15, 0.2) is 0 Å². The van der Waals surface area contributed by atoms with Crippen LogP contribution in [-0.2, 0) is 4.79 Å². The Labute approximate surface area is 103 Å². The molecule has 1 aromatic carbocycles. The number of carboxylic acid groups (broad SMARTS) is 1. The van der Waals surface area contributed by atoms with Gasteiger partial charge >= 0.3 is 5.97 Å². The van der Waals surface area contributed by atoms with Gasteiger partial charge < -0.3 is 11.3 Å². The Morgan fingerprint density at radius 1 is 1.29 bits per heavy atom. The van der Waals surface area contributed by atoms with Gasteiger partial charge in [-0.15, -0.1) is 10.2 Å². The van der Waals surface area contributed by atoms with Crippen LogP contribution in [-0.4, -0.2) is 21.3 Å². The first-order valence-corrected chi connectivity index (χ1v) is 5.62. The minimum Gasteiger partial charge on any atom is -0.481 e. The molecule has 0 saturated carbocycles. The van der Waals surface area contributed by atoms with E-state index in [4.69, 9.17) is 5.11 Å². The third-order valence-electron chi connectivity index (χ3n) is 2.20. The van der Waals surface area contributed by atoms with E-state index < -0.39 is 11.9 Å². The quantitative estimate of drug-likeness (QED) is 0.873. The number of rotatable bonds is 3. The lowest BCUT2D eigenvalue weighted by atomic mass is 10.2. The summed E-state index contributed by atoms with van der Waals surface area (Å²) in [6.07, 6.45) is 0. The fraction of sp³-hybridized carbons (Fsp3) is 0.182. The van der Waals surface area contributed by atoms with Crippen molar-refractivity contribution in [2.75, 3.05) is 0 Å². The van der Waals surface area contributed by atoms with Crippen LogP contribution in [0, 0.1) is 0 Å². The van der Waals surface area contributed by atoms with E-state index in [-0.39, 0.29) is 6.15 Å². The molecule has 2 aromatic rings. The summed E-state index contributed by atoms with van der Waals surface area (Å²) in [4.78, 5) is 10.8. The van der Waals surface area contributed by atoms with Crippen LogP contribution >= 0.6 is 11.3 Å². The molecule has 0 saturated heterocycles. The number of aliphatic carboxylic acids is 1. The number of carboxylic acids is 1. The molecule has 1 aromatic heterocycles. The van der Waals surface area contributed by atoms with Gasteiger partial charge in [0, 0.05) is 5.56 Å². The van der Waals surface area contributed by atoms with Crippen molar-refractivity contribution in [3.63, 3.8) is 0 Å². The van der Waals surface area contributed by atoms with Gasteiger partial charge in [0.25, 0.3) is 0 Å². The van der Waals surface area contributed by atoms with Crippen molar-refractivity contribution < 1.29 is 9.90 Å². The van der Waals surface area contributed by atoms with E-state index in [1.54, 1.807) is 6.92 Å². The monoisotopic (exact) mass is 251 g/mol. The van der Waals surface area contributed by atoms with Crippen molar-refractivity contribution in [2.45, 2.75) is 12.8 Å². The molecular weight excluding hydrogens is 238 g/mol. The van der Waals surface area contributed by atoms with Gasteiger partial charge in [-0.3, -0.25) is 4.79 Å². The Morgan fingerprint density at radius 2 is 1.94 bits per heavy atom. The molecule has 4 N–H and O–H groups in total. The molecular formula is C11H13N3O2S. The average molecular weight is 251 g/mol. The van der Waals surface area contributed by atoms with Gasteiger partial charge in [0.1, 0.15) is 15.9 Å². The topological polar surface area (TPSA) is 98.1 Å². The second-order valence-corrected chi connectivity index (χ2v) is 4.38. The van der Waals surface area contributed by atoms with Gasteiger partial charge in [-0.2, -0.15) is 0 Å². The zero-order valence-corrected chi connectivity index (χ0v) is 10.1. The Balaban J connectivity index is 0.00000144. The Morgan fingerprint density at radius 3 is 2.53 bits per heavy atom. The summed E-state index contributed by atoms with van der Waals surface area (Å²) in [5.74, 6) is -1.48. The SMILES string of the molecule is C[C@@H](C(=O)O)c1nnc(-c2ccccc2)s1.N. The third kappa shape index (κ3) is 2.86. The van der Waals surface area contributed by atoms with E-state index in [1.807, 2.05) is 30.3 Å². The molecule has 5 nitrogen and oxygen atoms in total. The Bertz CT molecular complexity index is 498. The largest absolute Gasteiger partial charge is 0.481 e. The highest BCUT2D eigenvalue weighted by Gasteiger charge is 2.18. The third-order valence-corrected chi connectivity index (χ3v) is 3.36. The molecule has 0 amide bonds. The molecule has 0 aliphatic rings. The molecule has 0 fully saturated rings. The number of aromatic nitrogens is 2. The Kier molecular flexibility index (Phi) is 4.30. The lowest BCUT2D eigenvalue weighted by molar-refractivity contribution is -0.138. The van der Waals surface area contributed by atoms with Crippen molar-refractivity contribution >= 4 is 17.3 Å². The number of benzene rings is 1. The smallest absolute Gasteiger partial charge is 0.313 e. The zero-order valence-electron chi connectivity index (χ0n) is 9.33. The summed E-state index contributed by atoms with van der Waals surface area (Å²) < 4.78 is 0. The van der Waals surface area contributed by atoms with Gasteiger partial charge in [0.05, 0.1) is 0 Å². The molecule has 0 aliphatic heterocycles. The molecule has 1 atom stereocenters. The zero-order chi connectivity index (χ0) is 11.5. The second-order valence-electron chi connectivity index (χ2n) is 3.37. The highest BCUT2D eigenvalue weighted by Crippen LogP contribution is 2.27. The predicted octanol–water partition coefficient (Wildman–Crippen LogP) is 2.56. The highest BCUT2D eigenvalue weighted by atomic mass is 32.1. The van der Waals surface area contributed by atoms with Crippen molar-refractivity contribution in [2.24, 2.45) is 0 Å². The van der Waals surface area contributed by atoms with Crippen LogP contribution in [0.15, 0.2) is 30.3 Å². The number of hydrogen-bond acceptors (Lipinski definition) is 5. The van der Waals surface area contributed by atoms with Crippen LogP contribution in [0.5, 0.6) is 0 Å². The van der Waals surface area contributed by atoms with Gasteiger partial charge in [-0.25, -0.2) is 0 Å². The molecule has 0 unspecified atom stereocenters. The average Bonchev–Trinajstić information content (AvgIpc) is 2.78. The molecule has 1 heterocycles. The summed E-state index contributed by atoms with van der Waals surface area (Å²) in [6, 6.07) is 9.60. The van der Waals surface area contributed by atoms with Crippen LogP contribution in [0.4, 0.5) is 0 Å². The van der Waals surface area contributed by atoms with E-state index in [1.165, 1.54) is 11.3 Å². The van der Waals surface area contributed by atoms with Crippen molar-refractivity contribution in [1.29, 1.82) is 0 Å². The molecule has 0 radical (unpaired) electrons. The maximum Gasteiger partial charge on any atom is 0.313 e. The Hall–Kier alpha value is -1.79. The van der Waals surface area contributed by atoms with E-state index in [0.717, 1.165) is 10.6 Å². The maximum absolute atomic E-state index is 10.8. The number of nitrogens with zero attached hydrogens (tertiary/aromatic N) is 2. The summed E-state index contributed by atoms with van der Waals surface area (Å²) >= 11 is 1.32. The molecule has 17 heavy (non-hydrogen) atoms. The molecule has 0 spiro atoms. The van der Waals surface area contributed by atoms with E-state index >= 15 is 0 Å². The van der Waals surface area contributed by atoms with Crippen LogP contribution in [0.1, 0.15) is 17.8 Å². The van der Waals surface area contributed by atoms with E-state index in [9.17, 15) is 4.79 Å². The van der Waals surface area contributed by atoms with E-state index in [0.29, 0.717) is 5.01 Å². The normalized spacial score (nSPS) is 11.6. The van der Waals surface area contributed by atoms with Crippen molar-refractivity contribution in [1.82, 2.24) is 16.3 Å². The molecule has 0 bridgehead atoms. The first-order valence-electron chi connectivity index (χ1n) is 4.80. The first-order chi connectivity index (χ1) is 7.68. The van der Waals surface area contributed by atoms with Crippen LogP contribution in [0.25, 0.3) is 10.6 Å². The number of hydrogen-bond donors (Lipinski definition) is 2. The van der Waals surface area contributed by atoms with Crippen molar-refractivity contribution in [3.8, 4) is 10.6 Å². The van der Waals surface area contributed by atoms with Crippen LogP contribution in [0.3, 0.4) is 0 Å². The summed E-state index contributed by atoms with van der Waals surface area (Å²) in [5.41, 5.74) is 0.962. The summed E-state index contributed by atoms with van der Waals surface area (Å²) in [5, 5.41) is 18.0. The van der Waals surface area contributed by atoms with Gasteiger partial charge in [0.2, 0.25) is 0 Å². The highest BCUT2D eigenvalue weighted by molar-refractivity contribution is 7.14. The predicted molar refractivity (Wildman–Crippen MR) is 66.4 cm³/mol. The molecule has 6 heteroatoms. The lowest BCUT2D eigenvalue weighted by Crippen LogP contribution is -2.06. The van der Waals surface area contributed by atoms with Gasteiger partial charge in [-0.1, -0.05) is 41.7 Å². The lowest BCUT2D eigenvalue weighted by Gasteiger charge is -1.97. The summed E-state index contributed by atoms with van der Waals surface area (Å²) in [6.45, 7) is 1.61. The fourth-order valence-corrected chi connectivity index (χ4v) is 2.11. The fourth-order valence-electron chi connectivity index (χ4n) is 1.21. The van der Waals surface area contributed by atoms with Crippen molar-refractivity contribution in [3.05, 3.63) is 35.3 Å². The molecule has 2 rings (SSSR count). The number of carbonyl (C=O) groups is 1. The van der Waals surface area contributed by atoms with E-state index in [2.05, 4.69) is 10.2 Å². The molecule has 0 aliphatic carbocycles. The summed E-state index contributed by atoms with van der Waals surface area (Å²) in [7, 11) is 0. The van der Waals surface area contributed by atoms with Crippen LogP contribution < -0.4 is 6.15 Å². The van der Waals surface area contributed by atoms with Crippen LogP contribution in [0.2, 0.25) is 0 Å². The maximum atomic E-state index is 10.8. The minimum absolute atomic E-state index is 0. The standard InChI is InChI=1S/C11H10N2O2S.H3N/c1-7(11(14)15)9-12-13-10(16-9)8-5-3-2-4-6-8;/h2-7H,1H3,(H,14,15);1H3/t7-;/m1./s1. The molecule has 90 valence electrons. The second kappa shape index (κ2) is 5.51. The van der Waals surface area contributed by atoms with Gasteiger partial charge in [-0.05, 0) is 6.92 Å². The first kappa shape index (κ1) is 13.3. The minimum atomic E-state index is -0.879.